The van der Waals surface area contributed by atoms with E-state index >= 15 is 0 Å². The number of thioether (sulfide) groups is 1. The minimum absolute atomic E-state index is 0.474. The molecule has 1 atom stereocenters. The molecule has 0 radical (unpaired) electrons. The van der Waals surface area contributed by atoms with E-state index in [1.807, 2.05) is 26.2 Å². The maximum Gasteiger partial charge on any atom is 0.133 e. The molecule has 0 aromatic carbocycles. The summed E-state index contributed by atoms with van der Waals surface area (Å²) in [7, 11) is 0. The van der Waals surface area contributed by atoms with Crippen LogP contribution < -0.4 is 10.6 Å². The number of nitrogens with one attached hydrogen (secondary N) is 2. The molecule has 5 nitrogen and oxygen atoms in total. The van der Waals surface area contributed by atoms with E-state index in [9.17, 15) is 5.11 Å². The highest BCUT2D eigenvalue weighted by Crippen LogP contribution is 2.15. The normalized spacial score (nSPS) is 13.8. The third-order valence-electron chi connectivity index (χ3n) is 2.71. The van der Waals surface area contributed by atoms with Crippen molar-refractivity contribution in [1.29, 1.82) is 0 Å². The van der Waals surface area contributed by atoms with E-state index in [2.05, 4.69) is 27.5 Å². The standard InChI is InChI=1S/C14H26N4OS/c1-5-7-11-17-12(15-6-2)8-13(18-11)16-9-14(3,19)10-20-4/h8,19H,5-7,9-10H2,1-4H3,(H2,15,16,17,18). The molecule has 0 bridgehead atoms. The van der Waals surface area contributed by atoms with Gasteiger partial charge in [-0.2, -0.15) is 11.8 Å². The van der Waals surface area contributed by atoms with Crippen LogP contribution in [0.15, 0.2) is 6.07 Å². The summed E-state index contributed by atoms with van der Waals surface area (Å²) in [6, 6.07) is 1.89. The number of hydrogen-bond donors (Lipinski definition) is 3. The molecular formula is C14H26N4OS. The van der Waals surface area contributed by atoms with E-state index in [1.54, 1.807) is 11.8 Å². The highest BCUT2D eigenvalue weighted by atomic mass is 32.2. The van der Waals surface area contributed by atoms with Gasteiger partial charge < -0.3 is 15.7 Å². The molecule has 0 fully saturated rings. The quantitative estimate of drug-likeness (QED) is 0.650. The lowest BCUT2D eigenvalue weighted by Gasteiger charge is -2.23. The first-order valence-corrected chi connectivity index (χ1v) is 8.47. The zero-order valence-electron chi connectivity index (χ0n) is 12.9. The van der Waals surface area contributed by atoms with E-state index in [-0.39, 0.29) is 0 Å². The second-order valence-corrected chi connectivity index (χ2v) is 5.98. The van der Waals surface area contributed by atoms with Gasteiger partial charge in [0.2, 0.25) is 0 Å². The fourth-order valence-electron chi connectivity index (χ4n) is 1.84. The topological polar surface area (TPSA) is 70.1 Å². The first-order chi connectivity index (χ1) is 9.50. The molecule has 20 heavy (non-hydrogen) atoms. The molecule has 0 spiro atoms. The SMILES string of the molecule is CCCc1nc(NCC)cc(NCC(C)(O)CSC)n1. The van der Waals surface area contributed by atoms with Crippen LogP contribution in [0.3, 0.4) is 0 Å². The van der Waals surface area contributed by atoms with Gasteiger partial charge >= 0.3 is 0 Å². The van der Waals surface area contributed by atoms with Gasteiger partial charge in [-0.1, -0.05) is 6.92 Å². The van der Waals surface area contributed by atoms with Gasteiger partial charge in [-0.15, -0.1) is 0 Å². The summed E-state index contributed by atoms with van der Waals surface area (Å²) in [6.45, 7) is 7.28. The van der Waals surface area contributed by atoms with Crippen LogP contribution in [0, 0.1) is 0 Å². The summed E-state index contributed by atoms with van der Waals surface area (Å²) in [6.07, 6.45) is 3.86. The van der Waals surface area contributed by atoms with Crippen LogP contribution in [-0.2, 0) is 6.42 Å². The van der Waals surface area contributed by atoms with Gasteiger partial charge in [0, 0.05) is 31.3 Å². The van der Waals surface area contributed by atoms with E-state index in [1.165, 1.54) is 0 Å². The number of rotatable bonds is 9. The molecule has 0 aliphatic rings. The summed E-state index contributed by atoms with van der Waals surface area (Å²) in [5.41, 5.74) is -0.742. The minimum Gasteiger partial charge on any atom is -0.387 e. The van der Waals surface area contributed by atoms with Crippen molar-refractivity contribution in [2.45, 2.75) is 39.2 Å². The number of anilines is 2. The molecule has 1 unspecified atom stereocenters. The van der Waals surface area contributed by atoms with E-state index < -0.39 is 5.60 Å². The Morgan fingerprint density at radius 1 is 1.25 bits per heavy atom. The molecule has 3 N–H and O–H groups in total. The van der Waals surface area contributed by atoms with Crippen LogP contribution in [0.4, 0.5) is 11.6 Å². The lowest BCUT2D eigenvalue weighted by Crippen LogP contribution is -2.36. The third-order valence-corrected chi connectivity index (χ3v) is 3.62. The van der Waals surface area contributed by atoms with Crippen LogP contribution in [0.5, 0.6) is 0 Å². The van der Waals surface area contributed by atoms with Crippen LogP contribution in [-0.4, -0.2) is 45.8 Å². The second kappa shape index (κ2) is 8.32. The summed E-state index contributed by atoms with van der Waals surface area (Å²) in [5, 5.41) is 16.6. The fourth-order valence-corrected chi connectivity index (χ4v) is 2.56. The number of nitrogens with zero attached hydrogens (tertiary/aromatic N) is 2. The highest BCUT2D eigenvalue weighted by Gasteiger charge is 2.19. The van der Waals surface area contributed by atoms with Crippen molar-refractivity contribution in [3.63, 3.8) is 0 Å². The van der Waals surface area contributed by atoms with Gasteiger partial charge in [-0.05, 0) is 26.5 Å². The lowest BCUT2D eigenvalue weighted by atomic mass is 10.1. The molecule has 1 aromatic rings. The average Bonchev–Trinajstić information content (AvgIpc) is 2.37. The average molecular weight is 298 g/mol. The summed E-state index contributed by atoms with van der Waals surface area (Å²) >= 11 is 1.63. The van der Waals surface area contributed by atoms with Crippen LogP contribution in [0.1, 0.15) is 33.0 Å². The highest BCUT2D eigenvalue weighted by molar-refractivity contribution is 7.98. The Labute approximate surface area is 126 Å². The van der Waals surface area contributed by atoms with Crippen LogP contribution in [0.25, 0.3) is 0 Å². The number of aromatic nitrogens is 2. The Balaban J connectivity index is 2.77. The number of aliphatic hydroxyl groups is 1. The monoisotopic (exact) mass is 298 g/mol. The summed E-state index contributed by atoms with van der Waals surface area (Å²) < 4.78 is 0. The van der Waals surface area contributed by atoms with E-state index in [0.29, 0.717) is 12.3 Å². The van der Waals surface area contributed by atoms with Crippen molar-refractivity contribution in [1.82, 2.24) is 9.97 Å². The molecular weight excluding hydrogens is 272 g/mol. The van der Waals surface area contributed by atoms with Crippen LogP contribution in [0.2, 0.25) is 0 Å². The molecule has 0 aliphatic heterocycles. The first kappa shape index (κ1) is 17.0. The third kappa shape index (κ3) is 5.96. The van der Waals surface area contributed by atoms with Gasteiger partial charge in [0.15, 0.2) is 0 Å². The van der Waals surface area contributed by atoms with Gasteiger partial charge in [0.1, 0.15) is 17.5 Å². The van der Waals surface area contributed by atoms with Gasteiger partial charge in [-0.3, -0.25) is 0 Å². The zero-order chi connectivity index (χ0) is 15.0. The lowest BCUT2D eigenvalue weighted by molar-refractivity contribution is 0.0996. The maximum absolute atomic E-state index is 10.2. The van der Waals surface area contributed by atoms with Crippen molar-refractivity contribution in [2.24, 2.45) is 0 Å². The second-order valence-electron chi connectivity index (χ2n) is 5.12. The Bertz CT molecular complexity index is 388. The van der Waals surface area contributed by atoms with Gasteiger partial charge in [-0.25, -0.2) is 9.97 Å². The Morgan fingerprint density at radius 3 is 2.45 bits per heavy atom. The number of aryl methyl sites for hydroxylation is 1. The van der Waals surface area contributed by atoms with E-state index in [4.69, 9.17) is 0 Å². The predicted octanol–water partition coefficient (Wildman–Crippen LogP) is 2.39. The molecule has 0 amide bonds. The van der Waals surface area contributed by atoms with Gasteiger partial charge in [0.25, 0.3) is 0 Å². The smallest absolute Gasteiger partial charge is 0.133 e. The molecule has 6 heteroatoms. The Morgan fingerprint density at radius 2 is 1.90 bits per heavy atom. The van der Waals surface area contributed by atoms with E-state index in [0.717, 1.165) is 36.8 Å². The zero-order valence-corrected chi connectivity index (χ0v) is 13.7. The Kier molecular flexibility index (Phi) is 7.09. The molecule has 1 rings (SSSR count). The molecule has 0 aliphatic carbocycles. The maximum atomic E-state index is 10.2. The number of hydrogen-bond acceptors (Lipinski definition) is 6. The minimum atomic E-state index is -0.742. The molecule has 1 heterocycles. The molecule has 0 saturated carbocycles. The summed E-state index contributed by atoms with van der Waals surface area (Å²) in [4.78, 5) is 8.95. The van der Waals surface area contributed by atoms with Crippen molar-refractivity contribution in [2.75, 3.05) is 35.7 Å². The van der Waals surface area contributed by atoms with Crippen molar-refractivity contribution < 1.29 is 5.11 Å². The molecule has 114 valence electrons. The predicted molar refractivity (Wildman–Crippen MR) is 87.7 cm³/mol. The van der Waals surface area contributed by atoms with Crippen molar-refractivity contribution in [3.8, 4) is 0 Å². The van der Waals surface area contributed by atoms with Crippen molar-refractivity contribution >= 4 is 23.4 Å². The Hall–Kier alpha value is -1.01. The largest absolute Gasteiger partial charge is 0.387 e. The van der Waals surface area contributed by atoms with Crippen molar-refractivity contribution in [3.05, 3.63) is 11.9 Å². The fraction of sp³-hybridized carbons (Fsp3) is 0.714. The molecule has 0 saturated heterocycles. The van der Waals surface area contributed by atoms with Gasteiger partial charge in [0.05, 0.1) is 5.60 Å². The summed E-state index contributed by atoms with van der Waals surface area (Å²) in [5.74, 6) is 3.11. The molecule has 1 aromatic heterocycles. The first-order valence-electron chi connectivity index (χ1n) is 7.07. The van der Waals surface area contributed by atoms with Crippen LogP contribution >= 0.6 is 11.8 Å².